The Bertz CT molecular complexity index is 248. The monoisotopic (exact) mass is 374 g/mol. The van der Waals surface area contributed by atoms with E-state index in [0.29, 0.717) is 45.7 Å². The molecule has 0 fully saturated rings. The third-order valence-corrected chi connectivity index (χ3v) is 4.59. The smallest absolute Gasteiger partial charge is 0.0704 e. The minimum Gasteiger partial charge on any atom is -0.379 e. The number of unbranched alkanes of at least 4 members (excludes halogenated alkanes) is 9. The van der Waals surface area contributed by atoms with Crippen LogP contribution in [-0.4, -0.2) is 52.4 Å². The van der Waals surface area contributed by atoms with Gasteiger partial charge in [0, 0.05) is 6.61 Å². The third kappa shape index (κ3) is 21.9. The normalized spacial score (nSPS) is 12.6. The van der Waals surface area contributed by atoms with Gasteiger partial charge >= 0.3 is 0 Å². The zero-order chi connectivity index (χ0) is 19.1. The lowest BCUT2D eigenvalue weighted by Crippen LogP contribution is -2.14. The van der Waals surface area contributed by atoms with Gasteiger partial charge in [0.1, 0.15) is 0 Å². The number of ether oxygens (including phenoxy) is 4. The number of rotatable bonds is 22. The van der Waals surface area contributed by atoms with Gasteiger partial charge in [0.15, 0.2) is 0 Å². The molecule has 0 spiro atoms. The first-order valence-corrected chi connectivity index (χ1v) is 11.2. The Morgan fingerprint density at radius 3 is 1.42 bits per heavy atom. The molecular formula is C22H46O4. The van der Waals surface area contributed by atoms with Crippen LogP contribution in [0.15, 0.2) is 0 Å². The summed E-state index contributed by atoms with van der Waals surface area (Å²) in [5.41, 5.74) is 0. The van der Waals surface area contributed by atoms with E-state index < -0.39 is 0 Å². The zero-order valence-electron chi connectivity index (χ0n) is 17.9. The fraction of sp³-hybridized carbons (Fsp3) is 1.00. The van der Waals surface area contributed by atoms with Crippen LogP contribution in [0.5, 0.6) is 0 Å². The molecule has 0 aromatic carbocycles. The first-order valence-electron chi connectivity index (χ1n) is 11.2. The average molecular weight is 375 g/mol. The Balaban J connectivity index is 2.99. The van der Waals surface area contributed by atoms with Gasteiger partial charge in [-0.15, -0.1) is 0 Å². The van der Waals surface area contributed by atoms with Crippen LogP contribution >= 0.6 is 0 Å². The summed E-state index contributed by atoms with van der Waals surface area (Å²) in [4.78, 5) is 0. The third-order valence-electron chi connectivity index (χ3n) is 4.59. The highest BCUT2D eigenvalue weighted by molar-refractivity contribution is 4.47. The molecule has 4 heteroatoms. The molecule has 0 heterocycles. The van der Waals surface area contributed by atoms with Crippen molar-refractivity contribution in [1.29, 1.82) is 0 Å². The molecule has 0 bridgehead atoms. The molecule has 0 radical (unpaired) electrons. The van der Waals surface area contributed by atoms with Crippen molar-refractivity contribution in [1.82, 2.24) is 0 Å². The summed E-state index contributed by atoms with van der Waals surface area (Å²) in [5.74, 6) is 0. The second-order valence-corrected chi connectivity index (χ2v) is 7.11. The molecule has 0 aliphatic rings. The lowest BCUT2D eigenvalue weighted by molar-refractivity contribution is -0.0156. The number of hydrogen-bond donors (Lipinski definition) is 0. The maximum absolute atomic E-state index is 5.60. The second kappa shape index (κ2) is 22.9. The van der Waals surface area contributed by atoms with Crippen LogP contribution in [0, 0.1) is 0 Å². The van der Waals surface area contributed by atoms with Crippen molar-refractivity contribution in [2.24, 2.45) is 0 Å². The molecule has 0 N–H and O–H groups in total. The van der Waals surface area contributed by atoms with Gasteiger partial charge in [-0.1, -0.05) is 71.6 Å². The van der Waals surface area contributed by atoms with Gasteiger partial charge in [0.05, 0.1) is 45.7 Å². The highest BCUT2D eigenvalue weighted by Crippen LogP contribution is 2.10. The molecule has 0 rings (SSSR count). The van der Waals surface area contributed by atoms with Gasteiger partial charge in [-0.25, -0.2) is 0 Å². The summed E-state index contributed by atoms with van der Waals surface area (Å²) in [6, 6.07) is 0. The zero-order valence-corrected chi connectivity index (χ0v) is 17.9. The fourth-order valence-electron chi connectivity index (χ4n) is 2.66. The lowest BCUT2D eigenvalue weighted by atomic mass is 10.1. The van der Waals surface area contributed by atoms with E-state index in [1.165, 1.54) is 64.2 Å². The molecule has 26 heavy (non-hydrogen) atoms. The van der Waals surface area contributed by atoms with Crippen molar-refractivity contribution in [3.05, 3.63) is 0 Å². The molecule has 1 unspecified atom stereocenters. The van der Waals surface area contributed by atoms with Crippen molar-refractivity contribution in [3.8, 4) is 0 Å². The Labute approximate surface area is 163 Å². The summed E-state index contributed by atoms with van der Waals surface area (Å²) in [7, 11) is 0. The van der Waals surface area contributed by atoms with Crippen LogP contribution in [0.2, 0.25) is 0 Å². The van der Waals surface area contributed by atoms with E-state index in [-0.39, 0.29) is 0 Å². The van der Waals surface area contributed by atoms with Crippen LogP contribution < -0.4 is 0 Å². The minimum atomic E-state index is 0.322. The molecule has 0 saturated heterocycles. The van der Waals surface area contributed by atoms with Crippen LogP contribution in [0.4, 0.5) is 0 Å². The molecule has 158 valence electrons. The molecule has 0 aliphatic carbocycles. The molecule has 0 aliphatic heterocycles. The minimum absolute atomic E-state index is 0.322. The van der Waals surface area contributed by atoms with Crippen molar-refractivity contribution in [3.63, 3.8) is 0 Å². The standard InChI is InChI=1S/C22H46O4/c1-4-6-7-8-9-10-11-12-13-14-15-23-16-17-24-18-19-25-20-21-26-22(3)5-2/h22H,4-21H2,1-3H3. The summed E-state index contributed by atoms with van der Waals surface area (Å²) in [5, 5.41) is 0. The van der Waals surface area contributed by atoms with Gasteiger partial charge in [0.25, 0.3) is 0 Å². The van der Waals surface area contributed by atoms with Gasteiger partial charge in [-0.05, 0) is 19.8 Å². The highest BCUT2D eigenvalue weighted by atomic mass is 16.6. The fourth-order valence-corrected chi connectivity index (χ4v) is 2.66. The first kappa shape index (κ1) is 25.8. The second-order valence-electron chi connectivity index (χ2n) is 7.11. The van der Waals surface area contributed by atoms with Crippen molar-refractivity contribution >= 4 is 0 Å². The Hall–Kier alpha value is -0.160. The summed E-state index contributed by atoms with van der Waals surface area (Å²) in [6.07, 6.45) is 15.0. The maximum Gasteiger partial charge on any atom is 0.0704 e. The van der Waals surface area contributed by atoms with Crippen molar-refractivity contribution < 1.29 is 18.9 Å². The topological polar surface area (TPSA) is 36.9 Å². The van der Waals surface area contributed by atoms with Gasteiger partial charge < -0.3 is 18.9 Å². The Morgan fingerprint density at radius 1 is 0.500 bits per heavy atom. The van der Waals surface area contributed by atoms with Crippen molar-refractivity contribution in [2.45, 2.75) is 97.5 Å². The Kier molecular flexibility index (Phi) is 22.7. The quantitative estimate of drug-likeness (QED) is 0.225. The SMILES string of the molecule is CCCCCCCCCCCCOCCOCCOCCOC(C)CC. The van der Waals surface area contributed by atoms with E-state index in [9.17, 15) is 0 Å². The van der Waals surface area contributed by atoms with Crippen LogP contribution in [0.1, 0.15) is 91.4 Å². The predicted octanol–water partition coefficient (Wildman–Crippen LogP) is 5.77. The van der Waals surface area contributed by atoms with E-state index in [4.69, 9.17) is 18.9 Å². The lowest BCUT2D eigenvalue weighted by Gasteiger charge is -2.10. The highest BCUT2D eigenvalue weighted by Gasteiger charge is 1.97. The van der Waals surface area contributed by atoms with E-state index in [2.05, 4.69) is 20.8 Å². The van der Waals surface area contributed by atoms with Crippen LogP contribution in [-0.2, 0) is 18.9 Å². The molecule has 0 aromatic rings. The van der Waals surface area contributed by atoms with Crippen LogP contribution in [0.3, 0.4) is 0 Å². The average Bonchev–Trinajstić information content (AvgIpc) is 2.66. The summed E-state index contributed by atoms with van der Waals surface area (Å²) < 4.78 is 22.1. The first-order chi connectivity index (χ1) is 12.8. The molecule has 0 saturated carbocycles. The van der Waals surface area contributed by atoms with E-state index >= 15 is 0 Å². The van der Waals surface area contributed by atoms with Crippen LogP contribution in [0.25, 0.3) is 0 Å². The predicted molar refractivity (Wildman–Crippen MR) is 110 cm³/mol. The van der Waals surface area contributed by atoms with Gasteiger partial charge in [-0.2, -0.15) is 0 Å². The van der Waals surface area contributed by atoms with Gasteiger partial charge in [-0.3, -0.25) is 0 Å². The van der Waals surface area contributed by atoms with Gasteiger partial charge in [0.2, 0.25) is 0 Å². The Morgan fingerprint density at radius 2 is 0.923 bits per heavy atom. The molecule has 0 amide bonds. The number of hydrogen-bond acceptors (Lipinski definition) is 4. The molecular weight excluding hydrogens is 328 g/mol. The van der Waals surface area contributed by atoms with E-state index in [0.717, 1.165) is 13.0 Å². The van der Waals surface area contributed by atoms with E-state index in [1.54, 1.807) is 0 Å². The molecule has 4 nitrogen and oxygen atoms in total. The molecule has 1 atom stereocenters. The van der Waals surface area contributed by atoms with Crippen molar-refractivity contribution in [2.75, 3.05) is 46.2 Å². The molecule has 0 aromatic heterocycles. The summed E-state index contributed by atoms with van der Waals surface area (Å²) in [6.45, 7) is 11.3. The summed E-state index contributed by atoms with van der Waals surface area (Å²) >= 11 is 0. The van der Waals surface area contributed by atoms with E-state index in [1.807, 2.05) is 0 Å². The maximum atomic E-state index is 5.60. The largest absolute Gasteiger partial charge is 0.379 e.